The Morgan fingerprint density at radius 1 is 1.04 bits per heavy atom. The predicted octanol–water partition coefficient (Wildman–Crippen LogP) is 2.41. The van der Waals surface area contributed by atoms with E-state index in [0.717, 1.165) is 42.9 Å². The van der Waals surface area contributed by atoms with Crippen LogP contribution in [0, 0.1) is 0 Å². The number of carbonyl (C=O) groups excluding carboxylic acids is 1. The Bertz CT molecular complexity index is 742. The number of nitrogens with zero attached hydrogens (tertiary/aromatic N) is 1. The molecule has 2 heterocycles. The lowest BCUT2D eigenvalue weighted by Gasteiger charge is -2.29. The van der Waals surface area contributed by atoms with Crippen molar-refractivity contribution in [1.29, 1.82) is 0 Å². The number of amides is 1. The SMILES string of the molecule is O=C(c1ccc2c(c1)CCNCC2)N1CCOc2ccccc21. The standard InChI is InChI=1S/C19H20N2O2/c22-19(21-11-12-23-18-4-2-1-3-17(18)21)16-6-5-14-7-9-20-10-8-15(14)13-16/h1-6,13,20H,7-12H2. The second-order valence-electron chi connectivity index (χ2n) is 6.01. The first-order valence-electron chi connectivity index (χ1n) is 8.19. The fourth-order valence-electron chi connectivity index (χ4n) is 3.34. The van der Waals surface area contributed by atoms with E-state index in [1.165, 1.54) is 11.1 Å². The predicted molar refractivity (Wildman–Crippen MR) is 90.3 cm³/mol. The molecule has 0 bridgehead atoms. The molecule has 4 heteroatoms. The van der Waals surface area contributed by atoms with Crippen LogP contribution in [-0.2, 0) is 12.8 Å². The fourth-order valence-corrected chi connectivity index (χ4v) is 3.34. The van der Waals surface area contributed by atoms with E-state index < -0.39 is 0 Å². The van der Waals surface area contributed by atoms with Gasteiger partial charge >= 0.3 is 0 Å². The van der Waals surface area contributed by atoms with Crippen molar-refractivity contribution in [3.63, 3.8) is 0 Å². The van der Waals surface area contributed by atoms with Gasteiger partial charge in [-0.3, -0.25) is 4.79 Å². The summed E-state index contributed by atoms with van der Waals surface area (Å²) < 4.78 is 5.64. The van der Waals surface area contributed by atoms with E-state index in [2.05, 4.69) is 17.4 Å². The number of benzene rings is 2. The molecule has 0 aromatic heterocycles. The minimum Gasteiger partial charge on any atom is -0.490 e. The highest BCUT2D eigenvalue weighted by Gasteiger charge is 2.24. The van der Waals surface area contributed by atoms with Gasteiger partial charge in [0, 0.05) is 5.56 Å². The quantitative estimate of drug-likeness (QED) is 0.879. The molecule has 23 heavy (non-hydrogen) atoms. The number of rotatable bonds is 1. The van der Waals surface area contributed by atoms with Crippen LogP contribution >= 0.6 is 0 Å². The third-order valence-corrected chi connectivity index (χ3v) is 4.57. The van der Waals surface area contributed by atoms with Gasteiger partial charge in [-0.2, -0.15) is 0 Å². The Balaban J connectivity index is 1.66. The molecule has 0 unspecified atom stereocenters. The second-order valence-corrected chi connectivity index (χ2v) is 6.01. The molecule has 0 saturated heterocycles. The number of nitrogens with one attached hydrogen (secondary N) is 1. The lowest BCUT2D eigenvalue weighted by molar-refractivity contribution is 0.0976. The highest BCUT2D eigenvalue weighted by molar-refractivity contribution is 6.07. The number of anilines is 1. The molecule has 0 fully saturated rings. The Kier molecular flexibility index (Phi) is 3.75. The number of carbonyl (C=O) groups is 1. The summed E-state index contributed by atoms with van der Waals surface area (Å²) >= 11 is 0. The molecule has 4 nitrogen and oxygen atoms in total. The van der Waals surface area contributed by atoms with Crippen LogP contribution in [0.4, 0.5) is 5.69 Å². The van der Waals surface area contributed by atoms with E-state index >= 15 is 0 Å². The molecule has 0 saturated carbocycles. The molecule has 0 aliphatic carbocycles. The lowest BCUT2D eigenvalue weighted by Crippen LogP contribution is -2.38. The zero-order valence-electron chi connectivity index (χ0n) is 13.0. The lowest BCUT2D eigenvalue weighted by atomic mass is 9.99. The highest BCUT2D eigenvalue weighted by Crippen LogP contribution is 2.32. The van der Waals surface area contributed by atoms with Gasteiger partial charge in [-0.25, -0.2) is 0 Å². The maximum Gasteiger partial charge on any atom is 0.258 e. The summed E-state index contributed by atoms with van der Waals surface area (Å²) in [6, 6.07) is 13.9. The normalized spacial score (nSPS) is 16.8. The van der Waals surface area contributed by atoms with Gasteiger partial charge in [0.15, 0.2) is 0 Å². The molecule has 2 aromatic carbocycles. The smallest absolute Gasteiger partial charge is 0.258 e. The van der Waals surface area contributed by atoms with Crippen LogP contribution in [0.1, 0.15) is 21.5 Å². The summed E-state index contributed by atoms with van der Waals surface area (Å²) in [5, 5.41) is 3.41. The molecule has 2 aliphatic heterocycles. The summed E-state index contributed by atoms with van der Waals surface area (Å²) in [5.74, 6) is 0.840. The van der Waals surface area contributed by atoms with Crippen LogP contribution in [0.25, 0.3) is 0 Å². The van der Waals surface area contributed by atoms with E-state index in [1.807, 2.05) is 35.2 Å². The van der Waals surface area contributed by atoms with Crippen molar-refractivity contribution in [3.8, 4) is 5.75 Å². The van der Waals surface area contributed by atoms with E-state index in [9.17, 15) is 4.79 Å². The Labute approximate surface area is 136 Å². The van der Waals surface area contributed by atoms with Gasteiger partial charge in [0.2, 0.25) is 0 Å². The van der Waals surface area contributed by atoms with Gasteiger partial charge in [-0.15, -0.1) is 0 Å². The average molecular weight is 308 g/mol. The molecule has 4 rings (SSSR count). The van der Waals surface area contributed by atoms with Crippen molar-refractivity contribution < 1.29 is 9.53 Å². The molecule has 0 radical (unpaired) electrons. The Hall–Kier alpha value is -2.33. The fraction of sp³-hybridized carbons (Fsp3) is 0.316. The van der Waals surface area contributed by atoms with Crippen LogP contribution < -0.4 is 15.0 Å². The molecule has 2 aromatic rings. The molecular weight excluding hydrogens is 288 g/mol. The highest BCUT2D eigenvalue weighted by atomic mass is 16.5. The maximum atomic E-state index is 13.0. The van der Waals surface area contributed by atoms with Gasteiger partial charge in [0.25, 0.3) is 5.91 Å². The van der Waals surface area contributed by atoms with E-state index in [4.69, 9.17) is 4.74 Å². The van der Waals surface area contributed by atoms with Gasteiger partial charge in [-0.1, -0.05) is 18.2 Å². The summed E-state index contributed by atoms with van der Waals surface area (Å²) in [6.07, 6.45) is 2.01. The molecule has 0 spiro atoms. The zero-order chi connectivity index (χ0) is 15.6. The van der Waals surface area contributed by atoms with Crippen LogP contribution in [0.2, 0.25) is 0 Å². The first-order chi connectivity index (χ1) is 11.3. The second kappa shape index (κ2) is 6.05. The topological polar surface area (TPSA) is 41.6 Å². The van der Waals surface area contributed by atoms with E-state index in [-0.39, 0.29) is 5.91 Å². The van der Waals surface area contributed by atoms with Gasteiger partial charge in [0.1, 0.15) is 12.4 Å². The summed E-state index contributed by atoms with van der Waals surface area (Å²) in [6.45, 7) is 3.12. The molecule has 1 N–H and O–H groups in total. The third kappa shape index (κ3) is 2.70. The van der Waals surface area contributed by atoms with Crippen LogP contribution in [-0.4, -0.2) is 32.1 Å². The number of hydrogen-bond acceptors (Lipinski definition) is 3. The third-order valence-electron chi connectivity index (χ3n) is 4.57. The maximum absolute atomic E-state index is 13.0. The molecule has 118 valence electrons. The van der Waals surface area contributed by atoms with Crippen molar-refractivity contribution in [3.05, 3.63) is 59.2 Å². The first kappa shape index (κ1) is 14.3. The largest absolute Gasteiger partial charge is 0.490 e. The Morgan fingerprint density at radius 2 is 1.87 bits per heavy atom. The zero-order valence-corrected chi connectivity index (χ0v) is 13.0. The minimum absolute atomic E-state index is 0.0563. The summed E-state index contributed by atoms with van der Waals surface area (Å²) in [4.78, 5) is 14.8. The van der Waals surface area contributed by atoms with Gasteiger partial charge in [-0.05, 0) is 61.3 Å². The first-order valence-corrected chi connectivity index (χ1v) is 8.19. The van der Waals surface area contributed by atoms with Crippen LogP contribution in [0.15, 0.2) is 42.5 Å². The minimum atomic E-state index is 0.0563. The Morgan fingerprint density at radius 3 is 2.78 bits per heavy atom. The number of fused-ring (bicyclic) bond motifs is 2. The summed E-state index contributed by atoms with van der Waals surface area (Å²) in [5.41, 5.74) is 4.28. The summed E-state index contributed by atoms with van der Waals surface area (Å²) in [7, 11) is 0. The molecule has 1 amide bonds. The van der Waals surface area contributed by atoms with Crippen molar-refractivity contribution in [1.82, 2.24) is 5.32 Å². The van der Waals surface area contributed by atoms with Crippen LogP contribution in [0.3, 0.4) is 0 Å². The van der Waals surface area contributed by atoms with Gasteiger partial charge in [0.05, 0.1) is 12.2 Å². The van der Waals surface area contributed by atoms with Crippen LogP contribution in [0.5, 0.6) is 5.75 Å². The van der Waals surface area contributed by atoms with E-state index in [1.54, 1.807) is 0 Å². The average Bonchev–Trinajstić information content (AvgIpc) is 2.85. The van der Waals surface area contributed by atoms with Crippen molar-refractivity contribution in [2.45, 2.75) is 12.8 Å². The number of hydrogen-bond donors (Lipinski definition) is 1. The van der Waals surface area contributed by atoms with Gasteiger partial charge < -0.3 is 15.0 Å². The number of para-hydroxylation sites is 2. The van der Waals surface area contributed by atoms with Crippen molar-refractivity contribution in [2.24, 2.45) is 0 Å². The molecule has 0 atom stereocenters. The molecular formula is C19H20N2O2. The molecule has 2 aliphatic rings. The van der Waals surface area contributed by atoms with E-state index in [0.29, 0.717) is 13.2 Å². The monoisotopic (exact) mass is 308 g/mol. The number of ether oxygens (including phenoxy) is 1. The van der Waals surface area contributed by atoms with Crippen molar-refractivity contribution >= 4 is 11.6 Å². The van der Waals surface area contributed by atoms with Crippen molar-refractivity contribution in [2.75, 3.05) is 31.1 Å².